The Morgan fingerprint density at radius 2 is 1.84 bits per heavy atom. The molecule has 0 radical (unpaired) electrons. The smallest absolute Gasteiger partial charge is 0.475 e. The Labute approximate surface area is 177 Å². The van der Waals surface area contributed by atoms with Gasteiger partial charge in [0.1, 0.15) is 0 Å². The van der Waals surface area contributed by atoms with Gasteiger partial charge in [-0.1, -0.05) is 6.42 Å². The molecule has 0 spiro atoms. The number of hydrogen-bond donors (Lipinski definition) is 1. The third-order valence-electron chi connectivity index (χ3n) is 5.34. The number of fused-ring (bicyclic) bond motifs is 1. The molecule has 1 fully saturated rings. The Bertz CT molecular complexity index is 881. The number of amides is 1. The number of pyridine rings is 1. The average Bonchev–Trinajstić information content (AvgIpc) is 3.03. The Balaban J connectivity index is 0.000000339. The summed E-state index contributed by atoms with van der Waals surface area (Å²) in [4.78, 5) is 27.7. The first-order valence-corrected chi connectivity index (χ1v) is 9.97. The maximum absolute atomic E-state index is 12.7. The van der Waals surface area contributed by atoms with Gasteiger partial charge in [-0.25, -0.2) is 4.79 Å². The first-order valence-electron chi connectivity index (χ1n) is 9.97. The second-order valence-electron chi connectivity index (χ2n) is 7.59. The van der Waals surface area contributed by atoms with Crippen LogP contribution in [0, 0.1) is 5.92 Å². The van der Waals surface area contributed by atoms with E-state index in [0.717, 1.165) is 24.9 Å². The van der Waals surface area contributed by atoms with E-state index in [0.29, 0.717) is 25.6 Å². The fourth-order valence-corrected chi connectivity index (χ4v) is 3.43. The first-order chi connectivity index (χ1) is 14.7. The van der Waals surface area contributed by atoms with E-state index < -0.39 is 12.1 Å². The number of halogens is 3. The number of carbonyl (C=O) groups is 2. The third-order valence-corrected chi connectivity index (χ3v) is 5.34. The van der Waals surface area contributed by atoms with Gasteiger partial charge < -0.3 is 19.3 Å². The van der Waals surface area contributed by atoms with Crippen molar-refractivity contribution in [1.29, 1.82) is 0 Å². The van der Waals surface area contributed by atoms with Crippen molar-refractivity contribution >= 4 is 11.9 Å². The van der Waals surface area contributed by atoms with Crippen LogP contribution in [0.25, 0.3) is 0 Å². The molecule has 1 N–H and O–H groups in total. The van der Waals surface area contributed by atoms with Gasteiger partial charge in [0.05, 0.1) is 25.8 Å². The highest BCUT2D eigenvalue weighted by molar-refractivity contribution is 5.79. The number of carbonyl (C=O) groups excluding carboxylic acids is 1. The predicted octanol–water partition coefficient (Wildman–Crippen LogP) is 3.24. The van der Waals surface area contributed by atoms with E-state index in [4.69, 9.17) is 14.6 Å². The van der Waals surface area contributed by atoms with E-state index >= 15 is 0 Å². The summed E-state index contributed by atoms with van der Waals surface area (Å²) in [5.74, 6) is -2.23. The van der Waals surface area contributed by atoms with Gasteiger partial charge in [0.2, 0.25) is 5.91 Å². The molecule has 1 atom stereocenters. The standard InChI is InChI=1S/C19H23N3O2.C2HF3O2/c23-19(16-3-1-4-16)22-11-17-5-2-10-21(17)12-18(13-22)24-14-15-6-8-20-9-7-15;3-2(4,5)1(6)7/h2,5-10,16,18H,1,3-4,11-14H2;(H,6,7). The lowest BCUT2D eigenvalue weighted by atomic mass is 9.84. The molecule has 0 aromatic carbocycles. The summed E-state index contributed by atoms with van der Waals surface area (Å²) in [6.45, 7) is 2.71. The lowest BCUT2D eigenvalue weighted by Gasteiger charge is -2.32. The lowest BCUT2D eigenvalue weighted by molar-refractivity contribution is -0.192. The van der Waals surface area contributed by atoms with Crippen molar-refractivity contribution in [1.82, 2.24) is 14.5 Å². The highest BCUT2D eigenvalue weighted by atomic mass is 19.4. The molecule has 2 aromatic heterocycles. The molecule has 10 heteroatoms. The minimum Gasteiger partial charge on any atom is -0.475 e. The second kappa shape index (κ2) is 9.95. The van der Waals surface area contributed by atoms with Crippen LogP contribution in [0.5, 0.6) is 0 Å². The number of ether oxygens (including phenoxy) is 1. The van der Waals surface area contributed by atoms with Crippen molar-refractivity contribution in [2.24, 2.45) is 5.92 Å². The topological polar surface area (TPSA) is 84.7 Å². The molecule has 31 heavy (non-hydrogen) atoms. The van der Waals surface area contributed by atoms with E-state index in [-0.39, 0.29) is 12.0 Å². The molecule has 3 heterocycles. The molecular weight excluding hydrogens is 415 g/mol. The first kappa shape index (κ1) is 22.8. The Hall–Kier alpha value is -2.88. The number of nitrogens with zero attached hydrogens (tertiary/aromatic N) is 3. The summed E-state index contributed by atoms with van der Waals surface area (Å²) in [6, 6.07) is 8.09. The van der Waals surface area contributed by atoms with Gasteiger partial charge in [-0.15, -0.1) is 0 Å². The van der Waals surface area contributed by atoms with Crippen molar-refractivity contribution in [3.05, 3.63) is 54.1 Å². The summed E-state index contributed by atoms with van der Waals surface area (Å²) in [5.41, 5.74) is 2.30. The summed E-state index contributed by atoms with van der Waals surface area (Å²) < 4.78 is 40.1. The fourth-order valence-electron chi connectivity index (χ4n) is 3.43. The van der Waals surface area contributed by atoms with Crippen molar-refractivity contribution in [3.63, 3.8) is 0 Å². The average molecular weight is 439 g/mol. The van der Waals surface area contributed by atoms with Gasteiger partial charge in [0.15, 0.2) is 0 Å². The molecule has 1 aliphatic carbocycles. The van der Waals surface area contributed by atoms with Crippen LogP contribution in [0.1, 0.15) is 30.5 Å². The second-order valence-corrected chi connectivity index (χ2v) is 7.59. The van der Waals surface area contributed by atoms with Gasteiger partial charge in [0.25, 0.3) is 0 Å². The number of aromatic nitrogens is 2. The van der Waals surface area contributed by atoms with E-state index in [9.17, 15) is 18.0 Å². The van der Waals surface area contributed by atoms with E-state index in [1.54, 1.807) is 12.4 Å². The van der Waals surface area contributed by atoms with Gasteiger partial charge >= 0.3 is 12.1 Å². The molecule has 1 amide bonds. The predicted molar refractivity (Wildman–Crippen MR) is 104 cm³/mol. The van der Waals surface area contributed by atoms with Crippen LogP contribution in [0.3, 0.4) is 0 Å². The number of carboxylic acid groups (broad SMARTS) is 1. The van der Waals surface area contributed by atoms with Crippen LogP contribution >= 0.6 is 0 Å². The highest BCUT2D eigenvalue weighted by Gasteiger charge is 2.38. The molecule has 1 aliphatic heterocycles. The molecule has 7 nitrogen and oxygen atoms in total. The Kier molecular flexibility index (Phi) is 7.32. The summed E-state index contributed by atoms with van der Waals surface area (Å²) in [6.07, 6.45) is 3.83. The number of carboxylic acids is 1. The fraction of sp³-hybridized carbons (Fsp3) is 0.476. The molecule has 0 saturated heterocycles. The zero-order valence-electron chi connectivity index (χ0n) is 16.8. The van der Waals surface area contributed by atoms with Crippen molar-refractivity contribution in [2.75, 3.05) is 6.54 Å². The van der Waals surface area contributed by atoms with Crippen molar-refractivity contribution in [3.8, 4) is 0 Å². The van der Waals surface area contributed by atoms with Crippen LogP contribution < -0.4 is 0 Å². The molecule has 168 valence electrons. The monoisotopic (exact) mass is 439 g/mol. The maximum atomic E-state index is 12.7. The zero-order valence-corrected chi connectivity index (χ0v) is 16.8. The quantitative estimate of drug-likeness (QED) is 0.791. The molecule has 4 rings (SSSR count). The van der Waals surface area contributed by atoms with E-state index in [1.165, 1.54) is 12.1 Å². The minimum absolute atomic E-state index is 0.0100. The third kappa shape index (κ3) is 6.30. The molecular formula is C21H24F3N3O4. The summed E-state index contributed by atoms with van der Waals surface area (Å²) in [7, 11) is 0. The van der Waals surface area contributed by atoms with Crippen LogP contribution in [0.4, 0.5) is 13.2 Å². The SMILES string of the molecule is O=C(C1CCC1)N1Cc2cccn2CC(OCc2ccncc2)C1.O=C(O)C(F)(F)F. The largest absolute Gasteiger partial charge is 0.490 e. The number of alkyl halides is 3. The zero-order chi connectivity index (χ0) is 22.4. The van der Waals surface area contributed by atoms with Crippen LogP contribution in [-0.2, 0) is 34.0 Å². The number of aliphatic carboxylic acids is 1. The van der Waals surface area contributed by atoms with Gasteiger partial charge in [-0.3, -0.25) is 9.78 Å². The van der Waals surface area contributed by atoms with E-state index in [2.05, 4.69) is 21.8 Å². The Morgan fingerprint density at radius 3 is 2.42 bits per heavy atom. The van der Waals surface area contributed by atoms with Crippen molar-refractivity contribution in [2.45, 2.75) is 51.2 Å². The summed E-state index contributed by atoms with van der Waals surface area (Å²) in [5, 5.41) is 7.12. The maximum Gasteiger partial charge on any atom is 0.490 e. The highest BCUT2D eigenvalue weighted by Crippen LogP contribution is 2.29. The molecule has 1 unspecified atom stereocenters. The molecule has 2 aliphatic rings. The van der Waals surface area contributed by atoms with Gasteiger partial charge in [-0.2, -0.15) is 13.2 Å². The number of hydrogen-bond acceptors (Lipinski definition) is 4. The number of rotatable bonds is 4. The van der Waals surface area contributed by atoms with E-state index in [1.807, 2.05) is 23.1 Å². The van der Waals surface area contributed by atoms with Crippen LogP contribution in [-0.4, -0.2) is 50.3 Å². The van der Waals surface area contributed by atoms with Gasteiger partial charge in [0, 0.05) is 36.7 Å². The molecule has 1 saturated carbocycles. The van der Waals surface area contributed by atoms with Crippen molar-refractivity contribution < 1.29 is 32.6 Å². The molecule has 2 aromatic rings. The lowest BCUT2D eigenvalue weighted by Crippen LogP contribution is -2.42. The normalized spacial score (nSPS) is 18.8. The van der Waals surface area contributed by atoms with Gasteiger partial charge in [-0.05, 0) is 42.7 Å². The minimum atomic E-state index is -5.08. The Morgan fingerprint density at radius 1 is 1.16 bits per heavy atom. The summed E-state index contributed by atoms with van der Waals surface area (Å²) >= 11 is 0. The van der Waals surface area contributed by atoms with Crippen LogP contribution in [0.15, 0.2) is 42.9 Å². The molecule has 0 bridgehead atoms. The van der Waals surface area contributed by atoms with Crippen LogP contribution in [0.2, 0.25) is 0 Å².